The van der Waals surface area contributed by atoms with Gasteiger partial charge in [-0.3, -0.25) is 19.8 Å². The third-order valence-corrected chi connectivity index (χ3v) is 3.99. The summed E-state index contributed by atoms with van der Waals surface area (Å²) < 4.78 is 11.2. The number of carbonyl (C=O) groups excluding carboxylic acids is 1. The van der Waals surface area contributed by atoms with Crippen LogP contribution >= 0.6 is 0 Å². The lowest BCUT2D eigenvalue weighted by molar-refractivity contribution is 0.0953. The molecule has 1 aromatic rings. The monoisotopic (exact) mass is 270 g/mol. The van der Waals surface area contributed by atoms with Gasteiger partial charge in [0.25, 0.3) is 5.91 Å². The van der Waals surface area contributed by atoms with E-state index in [1.807, 2.05) is 6.92 Å². The smallest absolute Gasteiger partial charge is 0.255 e. The Balaban J connectivity index is 2.53. The Morgan fingerprint density at radius 1 is 1.61 bits per heavy atom. The average molecular weight is 270 g/mol. The van der Waals surface area contributed by atoms with Crippen LogP contribution in [0.2, 0.25) is 0 Å². The van der Waals surface area contributed by atoms with Crippen LogP contribution in [-0.2, 0) is 10.8 Å². The van der Waals surface area contributed by atoms with E-state index >= 15 is 0 Å². The van der Waals surface area contributed by atoms with Crippen LogP contribution in [0, 0.1) is 0 Å². The van der Waals surface area contributed by atoms with E-state index in [2.05, 4.69) is 15.7 Å². The van der Waals surface area contributed by atoms with Crippen molar-refractivity contribution in [2.45, 2.75) is 18.6 Å². The van der Waals surface area contributed by atoms with Gasteiger partial charge in [-0.1, -0.05) is 6.92 Å². The van der Waals surface area contributed by atoms with Gasteiger partial charge >= 0.3 is 0 Å². The van der Waals surface area contributed by atoms with Crippen molar-refractivity contribution in [3.8, 4) is 0 Å². The normalized spacial score (nSPS) is 13.7. The van der Waals surface area contributed by atoms with Gasteiger partial charge in [-0.25, -0.2) is 0 Å². The lowest BCUT2D eigenvalue weighted by Crippen LogP contribution is -2.28. The highest BCUT2D eigenvalue weighted by Crippen LogP contribution is 2.11. The number of nitrogens with two attached hydrogens (primary N) is 1. The molecule has 0 aliphatic carbocycles. The Kier molecular flexibility index (Phi) is 5.73. The summed E-state index contributed by atoms with van der Waals surface area (Å²) in [5, 5.41) is 2.81. The summed E-state index contributed by atoms with van der Waals surface area (Å²) in [6.45, 7) is 2.36. The fourth-order valence-corrected chi connectivity index (χ4v) is 1.80. The number of pyridine rings is 1. The van der Waals surface area contributed by atoms with Gasteiger partial charge in [0.15, 0.2) is 0 Å². The lowest BCUT2D eigenvalue weighted by Gasteiger charge is -2.11. The summed E-state index contributed by atoms with van der Waals surface area (Å²) in [4.78, 5) is 15.7. The number of nitrogens with one attached hydrogen (secondary N) is 2. The van der Waals surface area contributed by atoms with E-state index in [4.69, 9.17) is 5.84 Å². The molecule has 0 saturated heterocycles. The Morgan fingerprint density at radius 2 is 2.33 bits per heavy atom. The fourth-order valence-electron chi connectivity index (χ4n) is 1.35. The van der Waals surface area contributed by atoms with Crippen LogP contribution in [0.15, 0.2) is 18.5 Å². The molecule has 0 spiro atoms. The van der Waals surface area contributed by atoms with Crippen LogP contribution in [0.1, 0.15) is 23.7 Å². The highest BCUT2D eigenvalue weighted by molar-refractivity contribution is 7.84. The number of hydrogen-bond donors (Lipinski definition) is 3. The van der Waals surface area contributed by atoms with E-state index in [0.717, 1.165) is 0 Å². The third-order valence-electron chi connectivity index (χ3n) is 2.62. The second kappa shape index (κ2) is 7.07. The SMILES string of the molecule is CC(CCNC(=O)c1cnccc1NN)S(C)=O. The summed E-state index contributed by atoms with van der Waals surface area (Å²) >= 11 is 0. The van der Waals surface area contributed by atoms with Gasteiger partial charge in [-0.05, 0) is 12.5 Å². The minimum atomic E-state index is -0.872. The number of aromatic nitrogens is 1. The van der Waals surface area contributed by atoms with Crippen LogP contribution in [0.5, 0.6) is 0 Å². The molecule has 1 aromatic heterocycles. The Bertz CT molecular complexity index is 439. The topological polar surface area (TPSA) is 97.1 Å². The van der Waals surface area contributed by atoms with Gasteiger partial charge in [-0.2, -0.15) is 0 Å². The molecule has 7 heteroatoms. The van der Waals surface area contributed by atoms with Crippen molar-refractivity contribution in [2.75, 3.05) is 18.2 Å². The van der Waals surface area contributed by atoms with E-state index in [-0.39, 0.29) is 11.2 Å². The highest BCUT2D eigenvalue weighted by Gasteiger charge is 2.11. The molecular formula is C11H18N4O2S. The molecule has 1 amide bonds. The number of amides is 1. The predicted octanol–water partition coefficient (Wildman–Crippen LogP) is 0.254. The molecule has 1 rings (SSSR count). The van der Waals surface area contributed by atoms with Crippen molar-refractivity contribution >= 4 is 22.4 Å². The van der Waals surface area contributed by atoms with Gasteiger partial charge in [0.1, 0.15) is 0 Å². The van der Waals surface area contributed by atoms with E-state index < -0.39 is 10.8 Å². The maximum absolute atomic E-state index is 11.9. The molecule has 6 nitrogen and oxygen atoms in total. The zero-order valence-corrected chi connectivity index (χ0v) is 11.3. The minimum Gasteiger partial charge on any atom is -0.352 e. The molecule has 2 unspecified atom stereocenters. The summed E-state index contributed by atoms with van der Waals surface area (Å²) in [6.07, 6.45) is 5.32. The third kappa shape index (κ3) is 4.08. The molecular weight excluding hydrogens is 252 g/mol. The first kappa shape index (κ1) is 14.6. The van der Waals surface area contributed by atoms with E-state index in [1.54, 1.807) is 18.5 Å². The molecule has 0 saturated carbocycles. The molecule has 4 N–H and O–H groups in total. The number of hydrazine groups is 1. The van der Waals surface area contributed by atoms with Gasteiger partial charge in [-0.15, -0.1) is 0 Å². The largest absolute Gasteiger partial charge is 0.352 e. The minimum absolute atomic E-state index is 0.0614. The molecule has 0 aliphatic heterocycles. The Labute approximate surface area is 109 Å². The van der Waals surface area contributed by atoms with Gasteiger partial charge in [0.05, 0.1) is 11.3 Å². The summed E-state index contributed by atoms with van der Waals surface area (Å²) in [7, 11) is -0.872. The van der Waals surface area contributed by atoms with Crippen molar-refractivity contribution in [1.82, 2.24) is 10.3 Å². The second-order valence-corrected chi connectivity index (χ2v) is 5.72. The summed E-state index contributed by atoms with van der Waals surface area (Å²) in [5.41, 5.74) is 3.36. The Morgan fingerprint density at radius 3 is 2.94 bits per heavy atom. The van der Waals surface area contributed by atoms with Crippen molar-refractivity contribution in [2.24, 2.45) is 5.84 Å². The van der Waals surface area contributed by atoms with Crippen molar-refractivity contribution < 1.29 is 9.00 Å². The molecule has 0 bridgehead atoms. The number of nitrogens with zero attached hydrogens (tertiary/aromatic N) is 1. The van der Waals surface area contributed by atoms with Crippen LogP contribution in [0.25, 0.3) is 0 Å². The van der Waals surface area contributed by atoms with Crippen molar-refractivity contribution in [3.05, 3.63) is 24.0 Å². The Hall–Kier alpha value is -1.47. The molecule has 18 heavy (non-hydrogen) atoms. The van der Waals surface area contributed by atoms with Crippen molar-refractivity contribution in [3.63, 3.8) is 0 Å². The second-order valence-electron chi connectivity index (χ2n) is 3.92. The maximum atomic E-state index is 11.9. The molecule has 0 aliphatic rings. The zero-order chi connectivity index (χ0) is 13.5. The standard InChI is InChI=1S/C11H18N4O2S/c1-8(18(2)17)3-6-14-11(16)9-7-13-5-4-10(9)15-12/h4-5,7-8H,3,6,12H2,1-2H3,(H,13,15)(H,14,16). The van der Waals surface area contributed by atoms with Crippen LogP contribution in [0.3, 0.4) is 0 Å². The first-order chi connectivity index (χ1) is 8.56. The molecule has 2 atom stereocenters. The predicted molar refractivity (Wildman–Crippen MR) is 72.5 cm³/mol. The number of rotatable bonds is 6. The summed E-state index contributed by atoms with van der Waals surface area (Å²) in [5.74, 6) is 5.06. The molecule has 0 radical (unpaired) electrons. The number of anilines is 1. The molecule has 0 fully saturated rings. The highest BCUT2D eigenvalue weighted by atomic mass is 32.2. The van der Waals surface area contributed by atoms with Crippen LogP contribution in [0.4, 0.5) is 5.69 Å². The lowest BCUT2D eigenvalue weighted by atomic mass is 10.2. The zero-order valence-electron chi connectivity index (χ0n) is 10.5. The maximum Gasteiger partial charge on any atom is 0.255 e. The van der Waals surface area contributed by atoms with E-state index in [1.165, 1.54) is 6.20 Å². The molecule has 100 valence electrons. The van der Waals surface area contributed by atoms with Crippen molar-refractivity contribution in [1.29, 1.82) is 0 Å². The number of hydrogen-bond acceptors (Lipinski definition) is 5. The quantitative estimate of drug-likeness (QED) is 0.509. The van der Waals surface area contributed by atoms with E-state index in [0.29, 0.717) is 24.2 Å². The molecule has 1 heterocycles. The average Bonchev–Trinajstić information content (AvgIpc) is 2.38. The van der Waals surface area contributed by atoms with Gasteiger partial charge in [0.2, 0.25) is 0 Å². The first-order valence-electron chi connectivity index (χ1n) is 5.57. The first-order valence-corrected chi connectivity index (χ1v) is 7.19. The summed E-state index contributed by atoms with van der Waals surface area (Å²) in [6, 6.07) is 1.62. The number of nitrogen functional groups attached to an aromatic ring is 1. The fraction of sp³-hybridized carbons (Fsp3) is 0.455. The van der Waals surface area contributed by atoms with E-state index in [9.17, 15) is 9.00 Å². The van der Waals surface area contributed by atoms with Gasteiger partial charge in [0, 0.05) is 41.2 Å². The molecule has 0 aromatic carbocycles. The van der Waals surface area contributed by atoms with Crippen LogP contribution < -0.4 is 16.6 Å². The van der Waals surface area contributed by atoms with Crippen LogP contribution in [-0.4, -0.2) is 33.2 Å². The van der Waals surface area contributed by atoms with Gasteiger partial charge < -0.3 is 10.7 Å². The number of carbonyl (C=O) groups is 1.